The van der Waals surface area contributed by atoms with Crippen LogP contribution in [0.4, 0.5) is 0 Å². The maximum absolute atomic E-state index is 13.3. The number of nitrogens with zero attached hydrogens (tertiary/aromatic N) is 3. The summed E-state index contributed by atoms with van der Waals surface area (Å²) >= 11 is 1.54. The predicted octanol–water partition coefficient (Wildman–Crippen LogP) is 4.06. The van der Waals surface area contributed by atoms with E-state index in [1.807, 2.05) is 11.8 Å². The summed E-state index contributed by atoms with van der Waals surface area (Å²) < 4.78 is 1.47. The minimum Gasteiger partial charge on any atom is -0.341 e. The molecule has 0 radical (unpaired) electrons. The molecule has 0 N–H and O–H groups in total. The van der Waals surface area contributed by atoms with Gasteiger partial charge in [0.2, 0.25) is 5.91 Å². The van der Waals surface area contributed by atoms with Crippen molar-refractivity contribution in [1.82, 2.24) is 14.5 Å². The zero-order valence-electron chi connectivity index (χ0n) is 16.6. The van der Waals surface area contributed by atoms with Crippen molar-refractivity contribution in [3.8, 4) is 11.1 Å². The molecule has 5 nitrogen and oxygen atoms in total. The van der Waals surface area contributed by atoms with Crippen molar-refractivity contribution in [1.29, 1.82) is 0 Å². The number of rotatable bonds is 3. The molecule has 0 saturated carbocycles. The Bertz CT molecular complexity index is 1110. The number of thiophene rings is 1. The fraction of sp³-hybridized carbons (Fsp3) is 0.409. The number of hydrogen-bond acceptors (Lipinski definition) is 4. The smallest absolute Gasteiger partial charge is 0.263 e. The lowest BCUT2D eigenvalue weighted by atomic mass is 9.97. The van der Waals surface area contributed by atoms with Gasteiger partial charge in [0.15, 0.2) is 0 Å². The van der Waals surface area contributed by atoms with Crippen LogP contribution in [0.1, 0.15) is 35.3 Å². The second kappa shape index (κ2) is 7.51. The third-order valence-electron chi connectivity index (χ3n) is 5.53. The molecular weight excluding hydrogens is 370 g/mol. The molecule has 1 aliphatic heterocycles. The van der Waals surface area contributed by atoms with Gasteiger partial charge in [-0.25, -0.2) is 4.98 Å². The van der Waals surface area contributed by atoms with E-state index in [1.54, 1.807) is 0 Å². The summed E-state index contributed by atoms with van der Waals surface area (Å²) in [7, 11) is 0. The number of carbonyl (C=O) groups is 1. The van der Waals surface area contributed by atoms with Crippen LogP contribution in [0.15, 0.2) is 29.3 Å². The first-order valence-corrected chi connectivity index (χ1v) is 10.6. The number of amides is 1. The molecule has 146 valence electrons. The zero-order valence-corrected chi connectivity index (χ0v) is 17.4. The number of hydrogen-bond donors (Lipinski definition) is 0. The average molecular weight is 396 g/mol. The maximum atomic E-state index is 13.3. The number of aryl methyl sites for hydroxylation is 3. The quantitative estimate of drug-likeness (QED) is 0.672. The molecule has 3 heterocycles. The van der Waals surface area contributed by atoms with E-state index >= 15 is 0 Å². The Labute approximate surface area is 168 Å². The van der Waals surface area contributed by atoms with Crippen LogP contribution < -0.4 is 5.56 Å². The van der Waals surface area contributed by atoms with E-state index in [0.717, 1.165) is 57.9 Å². The lowest BCUT2D eigenvalue weighted by molar-refractivity contribution is -0.132. The van der Waals surface area contributed by atoms with Crippen molar-refractivity contribution < 1.29 is 4.79 Å². The first-order valence-electron chi connectivity index (χ1n) is 9.79. The largest absolute Gasteiger partial charge is 0.341 e. The number of piperidine rings is 1. The van der Waals surface area contributed by atoms with E-state index in [2.05, 4.69) is 37.0 Å². The standard InChI is InChI=1S/C22H25N3O2S/c1-14-7-8-15(2)17(11-14)19-16(3)28-21-20(19)22(27)25(13-23-21)12-18(26)24-9-5-4-6-10-24/h7-8,11,13H,4-6,9-10,12H2,1-3H3. The minimum atomic E-state index is -0.129. The van der Waals surface area contributed by atoms with Gasteiger partial charge in [0.1, 0.15) is 11.4 Å². The highest BCUT2D eigenvalue weighted by Gasteiger charge is 2.21. The lowest BCUT2D eigenvalue weighted by Gasteiger charge is -2.26. The number of fused-ring (bicyclic) bond motifs is 1. The molecular formula is C22H25N3O2S. The molecule has 2 aromatic heterocycles. The summed E-state index contributed by atoms with van der Waals surface area (Å²) in [5, 5.41) is 0.630. The van der Waals surface area contributed by atoms with Crippen molar-refractivity contribution in [2.45, 2.75) is 46.6 Å². The Balaban J connectivity index is 1.79. The minimum absolute atomic E-state index is 0.00295. The summed E-state index contributed by atoms with van der Waals surface area (Å²) in [5.41, 5.74) is 4.19. The van der Waals surface area contributed by atoms with E-state index in [1.165, 1.54) is 28.7 Å². The number of benzene rings is 1. The van der Waals surface area contributed by atoms with Crippen LogP contribution in [-0.2, 0) is 11.3 Å². The van der Waals surface area contributed by atoms with Gasteiger partial charge < -0.3 is 4.90 Å². The summed E-state index contributed by atoms with van der Waals surface area (Å²) in [6.45, 7) is 7.78. The van der Waals surface area contributed by atoms with Crippen LogP contribution in [0.5, 0.6) is 0 Å². The molecule has 0 bridgehead atoms. The third-order valence-corrected chi connectivity index (χ3v) is 6.54. The first kappa shape index (κ1) is 18.9. The highest BCUT2D eigenvalue weighted by molar-refractivity contribution is 7.19. The van der Waals surface area contributed by atoms with Crippen LogP contribution in [-0.4, -0.2) is 33.4 Å². The van der Waals surface area contributed by atoms with E-state index < -0.39 is 0 Å². The molecule has 0 unspecified atom stereocenters. The third kappa shape index (κ3) is 3.37. The number of carbonyl (C=O) groups excluding carboxylic acids is 1. The second-order valence-corrected chi connectivity index (χ2v) is 8.85. The molecule has 1 aliphatic rings. The highest BCUT2D eigenvalue weighted by Crippen LogP contribution is 2.37. The molecule has 6 heteroatoms. The van der Waals surface area contributed by atoms with Gasteiger partial charge in [-0.1, -0.05) is 23.8 Å². The highest BCUT2D eigenvalue weighted by atomic mass is 32.1. The van der Waals surface area contributed by atoms with Gasteiger partial charge in [0.05, 0.1) is 11.7 Å². The molecule has 1 aromatic carbocycles. The van der Waals surface area contributed by atoms with Crippen molar-refractivity contribution >= 4 is 27.5 Å². The first-order chi connectivity index (χ1) is 13.5. The topological polar surface area (TPSA) is 55.2 Å². The van der Waals surface area contributed by atoms with Gasteiger partial charge >= 0.3 is 0 Å². The van der Waals surface area contributed by atoms with E-state index in [4.69, 9.17) is 0 Å². The molecule has 0 atom stereocenters. The van der Waals surface area contributed by atoms with Gasteiger partial charge in [-0.05, 0) is 51.2 Å². The van der Waals surface area contributed by atoms with Crippen molar-refractivity contribution in [2.24, 2.45) is 0 Å². The summed E-state index contributed by atoms with van der Waals surface area (Å²) in [6.07, 6.45) is 4.77. The Morgan fingerprint density at radius 2 is 1.89 bits per heavy atom. The van der Waals surface area contributed by atoms with Crippen LogP contribution in [0.25, 0.3) is 21.3 Å². The van der Waals surface area contributed by atoms with Gasteiger partial charge in [0, 0.05) is 23.5 Å². The Morgan fingerprint density at radius 3 is 2.64 bits per heavy atom. The molecule has 28 heavy (non-hydrogen) atoms. The monoisotopic (exact) mass is 395 g/mol. The number of aromatic nitrogens is 2. The Morgan fingerprint density at radius 1 is 1.14 bits per heavy atom. The molecule has 4 rings (SSSR count). The summed E-state index contributed by atoms with van der Waals surface area (Å²) in [5.74, 6) is 0.00295. The SMILES string of the molecule is Cc1ccc(C)c(-c2c(C)sc3ncn(CC(=O)N4CCCCC4)c(=O)c23)c1. The van der Waals surface area contributed by atoms with Gasteiger partial charge in [-0.3, -0.25) is 14.2 Å². The van der Waals surface area contributed by atoms with E-state index in [9.17, 15) is 9.59 Å². The van der Waals surface area contributed by atoms with Gasteiger partial charge in [0.25, 0.3) is 5.56 Å². The van der Waals surface area contributed by atoms with Crippen LogP contribution >= 0.6 is 11.3 Å². The fourth-order valence-electron chi connectivity index (χ4n) is 3.97. The predicted molar refractivity (Wildman–Crippen MR) is 114 cm³/mol. The fourth-order valence-corrected chi connectivity index (χ4v) is 4.96. The van der Waals surface area contributed by atoms with Crippen LogP contribution in [0, 0.1) is 20.8 Å². The average Bonchev–Trinajstić information content (AvgIpc) is 3.03. The van der Waals surface area contributed by atoms with E-state index in [-0.39, 0.29) is 18.0 Å². The Kier molecular flexibility index (Phi) is 5.06. The van der Waals surface area contributed by atoms with Crippen molar-refractivity contribution in [3.05, 3.63) is 50.9 Å². The van der Waals surface area contributed by atoms with Crippen LogP contribution in [0.2, 0.25) is 0 Å². The van der Waals surface area contributed by atoms with Crippen LogP contribution in [0.3, 0.4) is 0 Å². The maximum Gasteiger partial charge on any atom is 0.263 e. The lowest BCUT2D eigenvalue weighted by Crippen LogP contribution is -2.39. The summed E-state index contributed by atoms with van der Waals surface area (Å²) in [6, 6.07) is 6.29. The Hall–Kier alpha value is -2.47. The van der Waals surface area contributed by atoms with Gasteiger partial charge in [-0.15, -0.1) is 11.3 Å². The summed E-state index contributed by atoms with van der Waals surface area (Å²) in [4.78, 5) is 34.2. The second-order valence-electron chi connectivity index (χ2n) is 7.65. The molecule has 1 amide bonds. The number of likely N-dealkylation sites (tertiary alicyclic amines) is 1. The molecule has 1 saturated heterocycles. The van der Waals surface area contributed by atoms with E-state index in [0.29, 0.717) is 5.39 Å². The van der Waals surface area contributed by atoms with Gasteiger partial charge in [-0.2, -0.15) is 0 Å². The molecule has 0 aliphatic carbocycles. The molecule has 0 spiro atoms. The van der Waals surface area contributed by atoms with Crippen molar-refractivity contribution in [3.63, 3.8) is 0 Å². The molecule has 1 fully saturated rings. The molecule has 3 aromatic rings. The van der Waals surface area contributed by atoms with Crippen molar-refractivity contribution in [2.75, 3.05) is 13.1 Å². The normalized spacial score (nSPS) is 14.6. The zero-order chi connectivity index (χ0) is 19.8.